The third-order valence-electron chi connectivity index (χ3n) is 5.26. The first-order valence-corrected chi connectivity index (χ1v) is 8.23. The summed E-state index contributed by atoms with van der Waals surface area (Å²) >= 11 is 0. The van der Waals surface area contributed by atoms with E-state index in [1.54, 1.807) is 24.6 Å². The molecule has 1 amide bonds. The van der Waals surface area contributed by atoms with Gasteiger partial charge in [0.2, 0.25) is 0 Å². The van der Waals surface area contributed by atoms with Crippen LogP contribution in [0.4, 0.5) is 0 Å². The van der Waals surface area contributed by atoms with Crippen molar-refractivity contribution in [2.75, 3.05) is 13.1 Å². The second kappa shape index (κ2) is 5.76. The Hall–Kier alpha value is -1.66. The number of aromatic nitrogens is 1. The van der Waals surface area contributed by atoms with Gasteiger partial charge in [-0.15, -0.1) is 0 Å². The molecule has 1 aromatic heterocycles. The van der Waals surface area contributed by atoms with Crippen LogP contribution in [0.3, 0.4) is 0 Å². The molecule has 3 rings (SSSR count). The smallest absolute Gasteiger partial charge is 0.263 e. The average Bonchev–Trinajstić information content (AvgIpc) is 2.53. The van der Waals surface area contributed by atoms with Crippen molar-refractivity contribution in [3.8, 4) is 0 Å². The predicted molar refractivity (Wildman–Crippen MR) is 85.5 cm³/mol. The molecule has 2 atom stereocenters. The summed E-state index contributed by atoms with van der Waals surface area (Å²) in [6.07, 6.45) is 3.21. The molecular weight excluding hydrogens is 296 g/mol. The van der Waals surface area contributed by atoms with Crippen LogP contribution < -0.4 is 5.56 Å². The minimum absolute atomic E-state index is 0.0477. The molecule has 0 aromatic carbocycles. The van der Waals surface area contributed by atoms with Gasteiger partial charge >= 0.3 is 0 Å². The van der Waals surface area contributed by atoms with Crippen LogP contribution in [0.5, 0.6) is 0 Å². The van der Waals surface area contributed by atoms with Gasteiger partial charge in [0.25, 0.3) is 11.5 Å². The first kappa shape index (κ1) is 16.2. The van der Waals surface area contributed by atoms with Crippen LogP contribution in [0.25, 0.3) is 0 Å². The molecule has 0 saturated carbocycles. The van der Waals surface area contributed by atoms with E-state index in [1.165, 1.54) is 4.90 Å². The standard InChI is InChI=1S/C17H24N2O4/c1-17(23)7-8-19(10-14(17)20)16(22)12-9-11-5-3-4-6-13(11)18(2)15(12)21/h9,14,20,23H,3-8,10H2,1-2H3/t14-,17-/m1/s1. The van der Waals surface area contributed by atoms with E-state index in [1.807, 2.05) is 0 Å². The molecule has 6 heteroatoms. The molecule has 6 nitrogen and oxygen atoms in total. The zero-order valence-corrected chi connectivity index (χ0v) is 13.7. The highest BCUT2D eigenvalue weighted by Gasteiger charge is 2.38. The van der Waals surface area contributed by atoms with E-state index < -0.39 is 11.7 Å². The summed E-state index contributed by atoms with van der Waals surface area (Å²) in [7, 11) is 1.72. The number of rotatable bonds is 1. The summed E-state index contributed by atoms with van der Waals surface area (Å²) in [5.41, 5.74) is 0.812. The van der Waals surface area contributed by atoms with Crippen molar-refractivity contribution in [1.82, 2.24) is 9.47 Å². The first-order valence-electron chi connectivity index (χ1n) is 8.23. The number of carbonyl (C=O) groups excluding carboxylic acids is 1. The lowest BCUT2D eigenvalue weighted by molar-refractivity contribution is -0.0999. The highest BCUT2D eigenvalue weighted by atomic mass is 16.3. The summed E-state index contributed by atoms with van der Waals surface area (Å²) in [6, 6.07) is 1.73. The fraction of sp³-hybridized carbons (Fsp3) is 0.647. The molecule has 1 aromatic rings. The van der Waals surface area contributed by atoms with E-state index in [9.17, 15) is 19.8 Å². The number of carbonyl (C=O) groups is 1. The van der Waals surface area contributed by atoms with E-state index in [0.29, 0.717) is 13.0 Å². The molecule has 23 heavy (non-hydrogen) atoms. The summed E-state index contributed by atoms with van der Waals surface area (Å²) < 4.78 is 1.60. The van der Waals surface area contributed by atoms with Crippen molar-refractivity contribution < 1.29 is 15.0 Å². The molecule has 0 bridgehead atoms. The number of likely N-dealkylation sites (tertiary alicyclic amines) is 1. The maximum atomic E-state index is 12.7. The van der Waals surface area contributed by atoms with Gasteiger partial charge < -0.3 is 19.7 Å². The number of piperidine rings is 1. The number of aryl methyl sites for hydroxylation is 1. The zero-order valence-electron chi connectivity index (χ0n) is 13.7. The lowest BCUT2D eigenvalue weighted by atomic mass is 9.90. The van der Waals surface area contributed by atoms with Crippen LogP contribution in [0.1, 0.15) is 47.8 Å². The summed E-state index contributed by atoms with van der Waals surface area (Å²) in [6.45, 7) is 1.95. The lowest BCUT2D eigenvalue weighted by Crippen LogP contribution is -2.55. The molecule has 1 aliphatic carbocycles. The fourth-order valence-electron chi connectivity index (χ4n) is 3.52. The molecule has 0 spiro atoms. The van der Waals surface area contributed by atoms with Gasteiger partial charge in [-0.2, -0.15) is 0 Å². The Balaban J connectivity index is 1.92. The number of pyridine rings is 1. The number of fused-ring (bicyclic) bond motifs is 1. The normalized spacial score (nSPS) is 27.7. The molecule has 2 aliphatic rings. The van der Waals surface area contributed by atoms with Crippen molar-refractivity contribution in [1.29, 1.82) is 0 Å². The Morgan fingerprint density at radius 3 is 2.74 bits per heavy atom. The van der Waals surface area contributed by atoms with Gasteiger partial charge in [0.05, 0.1) is 11.7 Å². The number of aliphatic hydroxyl groups excluding tert-OH is 1. The van der Waals surface area contributed by atoms with Crippen molar-refractivity contribution in [2.24, 2.45) is 7.05 Å². The predicted octanol–water partition coefficient (Wildman–Crippen LogP) is 0.222. The molecule has 1 fully saturated rings. The zero-order chi connectivity index (χ0) is 16.8. The first-order chi connectivity index (χ1) is 10.8. The molecule has 0 radical (unpaired) electrons. The third kappa shape index (κ3) is 2.81. The Morgan fingerprint density at radius 2 is 2.04 bits per heavy atom. The Labute approximate surface area is 135 Å². The van der Waals surface area contributed by atoms with Crippen LogP contribution in [0.2, 0.25) is 0 Å². The molecule has 2 heterocycles. The molecule has 126 valence electrons. The highest BCUT2D eigenvalue weighted by Crippen LogP contribution is 2.24. The van der Waals surface area contributed by atoms with Gasteiger partial charge in [-0.05, 0) is 50.7 Å². The Bertz CT molecular complexity index is 693. The van der Waals surface area contributed by atoms with Crippen LogP contribution in [0, 0.1) is 0 Å². The van der Waals surface area contributed by atoms with Gasteiger partial charge in [-0.25, -0.2) is 0 Å². The van der Waals surface area contributed by atoms with Gasteiger partial charge in [0.1, 0.15) is 5.56 Å². The molecule has 1 aliphatic heterocycles. The second-order valence-electron chi connectivity index (χ2n) is 6.98. The number of hydrogen-bond acceptors (Lipinski definition) is 4. The van der Waals surface area contributed by atoms with Crippen molar-refractivity contribution in [2.45, 2.75) is 50.7 Å². The van der Waals surface area contributed by atoms with E-state index in [-0.39, 0.29) is 23.6 Å². The summed E-state index contributed by atoms with van der Waals surface area (Å²) in [5.74, 6) is -0.353. The average molecular weight is 320 g/mol. The minimum Gasteiger partial charge on any atom is -0.388 e. The number of nitrogens with zero attached hydrogens (tertiary/aromatic N) is 2. The van der Waals surface area contributed by atoms with Gasteiger partial charge in [0, 0.05) is 25.8 Å². The monoisotopic (exact) mass is 320 g/mol. The van der Waals surface area contributed by atoms with E-state index in [0.717, 1.165) is 36.9 Å². The molecule has 2 N–H and O–H groups in total. The highest BCUT2D eigenvalue weighted by molar-refractivity contribution is 5.94. The summed E-state index contributed by atoms with van der Waals surface area (Å²) in [4.78, 5) is 26.7. The van der Waals surface area contributed by atoms with Crippen molar-refractivity contribution >= 4 is 5.91 Å². The molecule has 1 saturated heterocycles. The Kier molecular flexibility index (Phi) is 4.06. The Morgan fingerprint density at radius 1 is 1.35 bits per heavy atom. The molecule has 0 unspecified atom stereocenters. The fourth-order valence-corrected chi connectivity index (χ4v) is 3.52. The van der Waals surface area contributed by atoms with Crippen molar-refractivity contribution in [3.63, 3.8) is 0 Å². The van der Waals surface area contributed by atoms with E-state index >= 15 is 0 Å². The second-order valence-corrected chi connectivity index (χ2v) is 6.98. The van der Waals surface area contributed by atoms with E-state index in [4.69, 9.17) is 0 Å². The SMILES string of the molecule is Cn1c2c(cc(C(=O)N3CC[C@@](C)(O)[C@H](O)C3)c1=O)CCCC2. The van der Waals surface area contributed by atoms with Crippen LogP contribution in [0.15, 0.2) is 10.9 Å². The summed E-state index contributed by atoms with van der Waals surface area (Å²) in [5, 5.41) is 20.0. The molecular formula is C17H24N2O4. The van der Waals surface area contributed by atoms with Crippen LogP contribution in [-0.2, 0) is 19.9 Å². The lowest BCUT2D eigenvalue weighted by Gasteiger charge is -2.39. The van der Waals surface area contributed by atoms with E-state index in [2.05, 4.69) is 0 Å². The van der Waals surface area contributed by atoms with Gasteiger partial charge in [0.15, 0.2) is 0 Å². The maximum absolute atomic E-state index is 12.7. The maximum Gasteiger partial charge on any atom is 0.263 e. The minimum atomic E-state index is -1.18. The van der Waals surface area contributed by atoms with Crippen molar-refractivity contribution in [3.05, 3.63) is 33.2 Å². The number of aliphatic hydroxyl groups is 2. The van der Waals surface area contributed by atoms with Crippen LogP contribution >= 0.6 is 0 Å². The number of amides is 1. The quantitative estimate of drug-likeness (QED) is 0.775. The third-order valence-corrected chi connectivity index (χ3v) is 5.26. The largest absolute Gasteiger partial charge is 0.388 e. The number of hydrogen-bond donors (Lipinski definition) is 2. The number of β-amino-alcohol motifs (C(OH)–C–C–N with tert-alkyl or cyclic N) is 1. The van der Waals surface area contributed by atoms with Gasteiger partial charge in [-0.1, -0.05) is 0 Å². The van der Waals surface area contributed by atoms with Gasteiger partial charge in [-0.3, -0.25) is 9.59 Å². The topological polar surface area (TPSA) is 82.8 Å². The van der Waals surface area contributed by atoms with Crippen LogP contribution in [-0.4, -0.2) is 50.4 Å².